The molecule has 10 heteroatoms. The van der Waals surface area contributed by atoms with E-state index >= 15 is 0 Å². The number of hydrogen-bond donors (Lipinski definition) is 2. The number of carbonyl (C=O) groups excluding carboxylic acids is 5. The van der Waals surface area contributed by atoms with Crippen molar-refractivity contribution in [1.29, 1.82) is 0 Å². The zero-order chi connectivity index (χ0) is 26.5. The monoisotopic (exact) mass is 524 g/mol. The lowest BCUT2D eigenvalue weighted by Gasteiger charge is -2.19. The molecule has 0 saturated carbocycles. The third kappa shape index (κ3) is 11.8. The van der Waals surface area contributed by atoms with E-state index in [9.17, 15) is 24.0 Å². The minimum absolute atomic E-state index is 0.0505. The van der Waals surface area contributed by atoms with Crippen LogP contribution in [0.5, 0.6) is 0 Å². The molecule has 0 aliphatic carbocycles. The highest BCUT2D eigenvalue weighted by molar-refractivity contribution is 8.15. The Morgan fingerprint density at radius 3 is 1.86 bits per heavy atom. The van der Waals surface area contributed by atoms with E-state index in [4.69, 9.17) is 4.74 Å². The van der Waals surface area contributed by atoms with Gasteiger partial charge in [-0.25, -0.2) is 4.79 Å². The third-order valence-electron chi connectivity index (χ3n) is 4.87. The predicted octanol–water partition coefficient (Wildman–Crippen LogP) is 3.08. The molecule has 0 saturated heterocycles. The summed E-state index contributed by atoms with van der Waals surface area (Å²) < 4.78 is 4.94. The summed E-state index contributed by atoms with van der Waals surface area (Å²) in [6, 6.07) is 6.03. The Kier molecular flexibility index (Phi) is 13.7. The Morgan fingerprint density at radius 2 is 1.34 bits per heavy atom. The van der Waals surface area contributed by atoms with Gasteiger partial charge in [-0.1, -0.05) is 68.6 Å². The number of rotatable bonds is 13. The van der Waals surface area contributed by atoms with Gasteiger partial charge in [0.2, 0.25) is 16.9 Å². The zero-order valence-electron chi connectivity index (χ0n) is 21.2. The molecule has 8 nitrogen and oxygen atoms in total. The molecule has 0 spiro atoms. The molecule has 0 aromatic heterocycles. The number of thioether (sulfide) groups is 2. The van der Waals surface area contributed by atoms with E-state index in [1.54, 1.807) is 6.92 Å². The van der Waals surface area contributed by atoms with Crippen LogP contribution in [-0.2, 0) is 35.1 Å². The maximum atomic E-state index is 12.8. The van der Waals surface area contributed by atoms with Crippen LogP contribution in [0, 0.1) is 5.92 Å². The van der Waals surface area contributed by atoms with Crippen molar-refractivity contribution in [3.05, 3.63) is 35.4 Å². The molecular weight excluding hydrogens is 488 g/mol. The SMILES string of the molecule is CCOC(=O)C(CSC(=O)C(CSC(=O)[C@@H](C)c1ccc(CC(C)C)cc1)NC(C)=O)NC(C)=O. The van der Waals surface area contributed by atoms with Gasteiger partial charge in [-0.3, -0.25) is 19.2 Å². The summed E-state index contributed by atoms with van der Waals surface area (Å²) in [4.78, 5) is 60.7. The van der Waals surface area contributed by atoms with Gasteiger partial charge < -0.3 is 15.4 Å². The number of amides is 2. The van der Waals surface area contributed by atoms with Crippen LogP contribution in [0.2, 0.25) is 0 Å². The highest BCUT2D eigenvalue weighted by Gasteiger charge is 2.27. The standard InChI is InChI=1S/C25H36N2O6S2/c1-7-33-23(30)21(26-17(5)28)13-35-25(32)22(27-18(6)29)14-34-24(31)16(4)20-10-8-19(9-11-20)12-15(2)3/h8-11,15-16,21-22H,7,12-14H2,1-6H3,(H,26,28)(H,27,29)/t16-,21?,22?/m0/s1. The fourth-order valence-corrected chi connectivity index (χ4v) is 5.13. The number of hydrogen-bond acceptors (Lipinski definition) is 8. The van der Waals surface area contributed by atoms with E-state index in [1.807, 2.05) is 31.2 Å². The first-order valence-corrected chi connectivity index (χ1v) is 13.5. The van der Waals surface area contributed by atoms with Gasteiger partial charge in [-0.05, 0) is 30.4 Å². The summed E-state index contributed by atoms with van der Waals surface area (Å²) >= 11 is 1.78. The summed E-state index contributed by atoms with van der Waals surface area (Å²) in [5.41, 5.74) is 2.10. The molecule has 2 amide bonds. The van der Waals surface area contributed by atoms with E-state index < -0.39 is 35.0 Å². The first-order chi connectivity index (χ1) is 16.4. The highest BCUT2D eigenvalue weighted by Crippen LogP contribution is 2.24. The van der Waals surface area contributed by atoms with Crippen molar-refractivity contribution in [2.75, 3.05) is 18.1 Å². The van der Waals surface area contributed by atoms with E-state index in [0.29, 0.717) is 5.92 Å². The first kappa shape index (κ1) is 30.7. The molecule has 2 unspecified atom stereocenters. The van der Waals surface area contributed by atoms with Crippen LogP contribution in [0.15, 0.2) is 24.3 Å². The van der Waals surface area contributed by atoms with Crippen LogP contribution < -0.4 is 10.6 Å². The second-order valence-corrected chi connectivity index (χ2v) is 10.6. The largest absolute Gasteiger partial charge is 0.464 e. The second kappa shape index (κ2) is 15.6. The molecule has 2 N–H and O–H groups in total. The molecule has 35 heavy (non-hydrogen) atoms. The van der Waals surface area contributed by atoms with Crippen LogP contribution in [0.4, 0.5) is 0 Å². The van der Waals surface area contributed by atoms with Crippen LogP contribution in [-0.4, -0.2) is 58.2 Å². The van der Waals surface area contributed by atoms with Gasteiger partial charge in [-0.15, -0.1) is 0 Å². The smallest absolute Gasteiger partial charge is 0.329 e. The van der Waals surface area contributed by atoms with Crippen molar-refractivity contribution in [3.8, 4) is 0 Å². The van der Waals surface area contributed by atoms with Gasteiger partial charge in [0, 0.05) is 25.4 Å². The van der Waals surface area contributed by atoms with E-state index in [1.165, 1.54) is 19.4 Å². The van der Waals surface area contributed by atoms with Crippen molar-refractivity contribution in [1.82, 2.24) is 10.6 Å². The Balaban J connectivity index is 2.76. The molecule has 1 aromatic carbocycles. The molecule has 0 radical (unpaired) electrons. The molecule has 0 aliphatic heterocycles. The molecule has 3 atom stereocenters. The van der Waals surface area contributed by atoms with Gasteiger partial charge in [0.05, 0.1) is 12.5 Å². The van der Waals surface area contributed by atoms with Crippen molar-refractivity contribution in [2.24, 2.45) is 5.92 Å². The lowest BCUT2D eigenvalue weighted by Crippen LogP contribution is -2.44. The number of carbonyl (C=O) groups is 5. The topological polar surface area (TPSA) is 119 Å². The molecule has 0 fully saturated rings. The Morgan fingerprint density at radius 1 is 0.829 bits per heavy atom. The quantitative estimate of drug-likeness (QED) is 0.378. The number of nitrogens with one attached hydrogen (secondary N) is 2. The summed E-state index contributed by atoms with van der Waals surface area (Å²) in [5, 5.41) is 4.51. The minimum atomic E-state index is -0.993. The van der Waals surface area contributed by atoms with Crippen LogP contribution in [0.25, 0.3) is 0 Å². The first-order valence-electron chi connectivity index (χ1n) is 11.6. The van der Waals surface area contributed by atoms with Gasteiger partial charge in [0.1, 0.15) is 12.1 Å². The van der Waals surface area contributed by atoms with E-state index in [0.717, 1.165) is 35.5 Å². The maximum Gasteiger partial charge on any atom is 0.329 e. The highest BCUT2D eigenvalue weighted by atomic mass is 32.2. The molecular formula is C25H36N2O6S2. The maximum absolute atomic E-state index is 12.8. The average Bonchev–Trinajstić information content (AvgIpc) is 2.78. The number of benzene rings is 1. The fourth-order valence-electron chi connectivity index (χ4n) is 3.18. The van der Waals surface area contributed by atoms with Crippen LogP contribution in [0.1, 0.15) is 58.6 Å². The number of esters is 1. The lowest BCUT2D eigenvalue weighted by molar-refractivity contribution is -0.146. The van der Waals surface area contributed by atoms with Gasteiger partial charge >= 0.3 is 5.97 Å². The normalized spacial score (nSPS) is 13.5. The van der Waals surface area contributed by atoms with Gasteiger partial charge in [0.25, 0.3) is 0 Å². The van der Waals surface area contributed by atoms with Crippen molar-refractivity contribution in [3.63, 3.8) is 0 Å². The fraction of sp³-hybridized carbons (Fsp3) is 0.560. The summed E-state index contributed by atoms with van der Waals surface area (Å²) in [7, 11) is 0. The van der Waals surface area contributed by atoms with Gasteiger partial charge in [-0.2, -0.15) is 0 Å². The van der Waals surface area contributed by atoms with Crippen LogP contribution >= 0.6 is 23.5 Å². The number of ether oxygens (including phenoxy) is 1. The third-order valence-corrected chi connectivity index (χ3v) is 7.08. The van der Waals surface area contributed by atoms with E-state index in [2.05, 4.69) is 24.5 Å². The molecule has 0 bridgehead atoms. The lowest BCUT2D eigenvalue weighted by atomic mass is 9.97. The summed E-state index contributed by atoms with van der Waals surface area (Å²) in [6.07, 6.45) is 0.967. The second-order valence-electron chi connectivity index (χ2n) is 8.58. The Bertz CT molecular complexity index is 888. The zero-order valence-corrected chi connectivity index (χ0v) is 22.8. The van der Waals surface area contributed by atoms with Crippen molar-refractivity contribution < 1.29 is 28.7 Å². The molecule has 0 heterocycles. The van der Waals surface area contributed by atoms with E-state index in [-0.39, 0.29) is 29.1 Å². The minimum Gasteiger partial charge on any atom is -0.464 e. The Hall–Kier alpha value is -2.33. The summed E-state index contributed by atoms with van der Waals surface area (Å²) in [6.45, 7) is 10.4. The van der Waals surface area contributed by atoms with Crippen molar-refractivity contribution in [2.45, 2.75) is 66.0 Å². The van der Waals surface area contributed by atoms with Gasteiger partial charge in [0.15, 0.2) is 5.12 Å². The molecule has 194 valence electrons. The van der Waals surface area contributed by atoms with Crippen molar-refractivity contribution >= 4 is 51.5 Å². The summed E-state index contributed by atoms with van der Waals surface area (Å²) in [5.74, 6) is -1.30. The molecule has 0 aliphatic rings. The van der Waals surface area contributed by atoms with Crippen LogP contribution in [0.3, 0.4) is 0 Å². The molecule has 1 aromatic rings. The predicted molar refractivity (Wildman–Crippen MR) is 140 cm³/mol. The molecule has 1 rings (SSSR count). The Labute approximate surface area is 216 Å². The average molecular weight is 525 g/mol.